The number of rotatable bonds is 10. The third-order valence-electron chi connectivity index (χ3n) is 3.75. The second kappa shape index (κ2) is 9.37. The fourth-order valence-electron chi connectivity index (χ4n) is 2.43. The van der Waals surface area contributed by atoms with Crippen LogP contribution in [-0.2, 0) is 31.2 Å². The fraction of sp³-hybridized carbons (Fsp3) is 0.333. The second-order valence-electron chi connectivity index (χ2n) is 6.00. The van der Waals surface area contributed by atoms with Crippen LogP contribution in [0.15, 0.2) is 52.3 Å². The van der Waals surface area contributed by atoms with Gasteiger partial charge in [0.1, 0.15) is 16.4 Å². The van der Waals surface area contributed by atoms with Crippen molar-refractivity contribution in [3.63, 3.8) is 0 Å². The van der Waals surface area contributed by atoms with Crippen LogP contribution in [0, 0.1) is 0 Å². The molecule has 0 unspecified atom stereocenters. The molecule has 8 nitrogen and oxygen atoms in total. The lowest BCUT2D eigenvalue weighted by molar-refractivity contribution is 0.122. The maximum absolute atomic E-state index is 12.7. The van der Waals surface area contributed by atoms with Gasteiger partial charge < -0.3 is 13.8 Å². The molecule has 2 aromatic rings. The molecular formula is C18H23NO7S2. The molecule has 154 valence electrons. The van der Waals surface area contributed by atoms with Crippen molar-refractivity contribution in [2.45, 2.75) is 29.6 Å². The van der Waals surface area contributed by atoms with Gasteiger partial charge in [-0.3, -0.25) is 0 Å². The van der Waals surface area contributed by atoms with Crippen LogP contribution in [0.1, 0.15) is 18.9 Å². The minimum absolute atomic E-state index is 0.0349. The van der Waals surface area contributed by atoms with Crippen LogP contribution in [0.25, 0.3) is 0 Å². The molecule has 2 aromatic carbocycles. The first kappa shape index (κ1) is 22.2. The molecule has 0 saturated carbocycles. The highest BCUT2D eigenvalue weighted by atomic mass is 32.2. The van der Waals surface area contributed by atoms with Crippen LogP contribution < -0.4 is 14.8 Å². The van der Waals surface area contributed by atoms with Crippen molar-refractivity contribution in [2.75, 3.05) is 19.5 Å². The highest BCUT2D eigenvalue weighted by Crippen LogP contribution is 2.28. The van der Waals surface area contributed by atoms with Crippen molar-refractivity contribution < 1.29 is 30.6 Å². The Kier molecular flexibility index (Phi) is 7.41. The molecule has 0 heterocycles. The summed E-state index contributed by atoms with van der Waals surface area (Å²) in [4.78, 5) is 3.73. The standard InChI is InChI=1S/C18H23NO7S2/c1-3-14-11-15(24-9-6-10-25-19)13-16(12-14)26-28(22,23)18-8-5-4-7-17(18)27(2,20)21/h4-5,7-8,11-13H,3,6,9-10,19H2,1-2H3. The number of ether oxygens (including phenoxy) is 1. The van der Waals surface area contributed by atoms with E-state index >= 15 is 0 Å². The van der Waals surface area contributed by atoms with E-state index in [0.29, 0.717) is 31.8 Å². The molecule has 0 aromatic heterocycles. The van der Waals surface area contributed by atoms with E-state index in [9.17, 15) is 16.8 Å². The lowest BCUT2D eigenvalue weighted by atomic mass is 10.1. The Morgan fingerprint density at radius 3 is 2.18 bits per heavy atom. The highest BCUT2D eigenvalue weighted by molar-refractivity contribution is 7.92. The van der Waals surface area contributed by atoms with E-state index in [0.717, 1.165) is 11.8 Å². The molecule has 10 heteroatoms. The van der Waals surface area contributed by atoms with Crippen LogP contribution in [-0.4, -0.2) is 36.3 Å². The Morgan fingerprint density at radius 1 is 0.929 bits per heavy atom. The van der Waals surface area contributed by atoms with Crippen molar-refractivity contribution in [1.29, 1.82) is 0 Å². The Bertz CT molecular complexity index is 1020. The predicted octanol–water partition coefficient (Wildman–Crippen LogP) is 2.08. The van der Waals surface area contributed by atoms with Crippen molar-refractivity contribution in [3.8, 4) is 11.5 Å². The van der Waals surface area contributed by atoms with Crippen LogP contribution in [0.4, 0.5) is 0 Å². The molecule has 0 aliphatic carbocycles. The van der Waals surface area contributed by atoms with E-state index in [1.165, 1.54) is 30.3 Å². The first-order valence-corrected chi connectivity index (χ1v) is 11.8. The summed E-state index contributed by atoms with van der Waals surface area (Å²) in [7, 11) is -8.12. The topological polar surface area (TPSA) is 122 Å². The number of hydrogen-bond acceptors (Lipinski definition) is 8. The van der Waals surface area contributed by atoms with Gasteiger partial charge in [0.25, 0.3) is 0 Å². The van der Waals surface area contributed by atoms with E-state index < -0.39 is 24.9 Å². The number of sulfone groups is 1. The minimum atomic E-state index is -4.37. The molecule has 0 amide bonds. The number of nitrogens with two attached hydrogens (primary N) is 1. The summed E-state index contributed by atoms with van der Waals surface area (Å²) < 4.78 is 60.1. The molecule has 0 atom stereocenters. The van der Waals surface area contributed by atoms with Crippen molar-refractivity contribution in [1.82, 2.24) is 0 Å². The molecule has 0 fully saturated rings. The fourth-order valence-corrected chi connectivity index (χ4v) is 4.95. The maximum atomic E-state index is 12.7. The summed E-state index contributed by atoms with van der Waals surface area (Å²) >= 11 is 0. The van der Waals surface area contributed by atoms with E-state index in [-0.39, 0.29) is 10.6 Å². The van der Waals surface area contributed by atoms with Gasteiger partial charge in [-0.25, -0.2) is 14.3 Å². The van der Waals surface area contributed by atoms with Gasteiger partial charge in [0.2, 0.25) is 0 Å². The van der Waals surface area contributed by atoms with E-state index in [1.807, 2.05) is 6.92 Å². The van der Waals surface area contributed by atoms with E-state index in [4.69, 9.17) is 14.8 Å². The average Bonchev–Trinajstić information content (AvgIpc) is 2.64. The quantitative estimate of drug-likeness (QED) is 0.346. The first-order chi connectivity index (χ1) is 13.2. The molecular weight excluding hydrogens is 406 g/mol. The third-order valence-corrected chi connectivity index (χ3v) is 6.34. The van der Waals surface area contributed by atoms with Gasteiger partial charge in [-0.05, 0) is 36.2 Å². The maximum Gasteiger partial charge on any atom is 0.340 e. The van der Waals surface area contributed by atoms with Gasteiger partial charge >= 0.3 is 10.1 Å². The Labute approximate surface area is 165 Å². The minimum Gasteiger partial charge on any atom is -0.493 e. The van der Waals surface area contributed by atoms with Crippen LogP contribution in [0.2, 0.25) is 0 Å². The largest absolute Gasteiger partial charge is 0.493 e. The zero-order valence-electron chi connectivity index (χ0n) is 15.6. The van der Waals surface area contributed by atoms with Crippen molar-refractivity contribution in [2.24, 2.45) is 5.90 Å². The average molecular weight is 430 g/mol. The number of hydrogen-bond donors (Lipinski definition) is 1. The smallest absolute Gasteiger partial charge is 0.340 e. The number of benzene rings is 2. The lowest BCUT2D eigenvalue weighted by Gasteiger charge is -2.13. The Balaban J connectivity index is 2.34. The highest BCUT2D eigenvalue weighted by Gasteiger charge is 2.25. The van der Waals surface area contributed by atoms with Gasteiger partial charge in [0.05, 0.1) is 18.1 Å². The molecule has 0 bridgehead atoms. The summed E-state index contributed by atoms with van der Waals surface area (Å²) in [5.74, 6) is 5.42. The zero-order chi connectivity index (χ0) is 20.8. The van der Waals surface area contributed by atoms with Crippen molar-refractivity contribution >= 4 is 20.0 Å². The van der Waals surface area contributed by atoms with E-state index in [2.05, 4.69) is 4.84 Å². The number of aryl methyl sites for hydroxylation is 1. The molecule has 2 N–H and O–H groups in total. The van der Waals surface area contributed by atoms with Crippen LogP contribution in [0.3, 0.4) is 0 Å². The molecule has 28 heavy (non-hydrogen) atoms. The van der Waals surface area contributed by atoms with Gasteiger partial charge in [0.15, 0.2) is 9.84 Å². The third kappa shape index (κ3) is 5.93. The van der Waals surface area contributed by atoms with Gasteiger partial charge in [-0.1, -0.05) is 19.1 Å². The molecule has 0 spiro atoms. The summed E-state index contributed by atoms with van der Waals surface area (Å²) in [6.07, 6.45) is 2.12. The van der Waals surface area contributed by atoms with Gasteiger partial charge in [0, 0.05) is 18.7 Å². The van der Waals surface area contributed by atoms with Crippen molar-refractivity contribution in [3.05, 3.63) is 48.0 Å². The summed E-state index contributed by atoms with van der Waals surface area (Å²) in [6, 6.07) is 10.1. The molecule has 0 aliphatic rings. The van der Waals surface area contributed by atoms with Crippen LogP contribution in [0.5, 0.6) is 11.5 Å². The van der Waals surface area contributed by atoms with Gasteiger partial charge in [-0.15, -0.1) is 0 Å². The molecule has 0 radical (unpaired) electrons. The Hall–Kier alpha value is -2.14. The molecule has 0 saturated heterocycles. The normalized spacial score (nSPS) is 12.0. The van der Waals surface area contributed by atoms with E-state index in [1.54, 1.807) is 12.1 Å². The summed E-state index contributed by atoms with van der Waals surface area (Å²) in [6.45, 7) is 2.56. The summed E-state index contributed by atoms with van der Waals surface area (Å²) in [5.41, 5.74) is 0.800. The molecule has 0 aliphatic heterocycles. The monoisotopic (exact) mass is 429 g/mol. The SMILES string of the molecule is CCc1cc(OCCCON)cc(OS(=O)(=O)c2ccccc2S(C)(=O)=O)c1. The zero-order valence-corrected chi connectivity index (χ0v) is 17.3. The van der Waals surface area contributed by atoms with Gasteiger partial charge in [-0.2, -0.15) is 8.42 Å². The molecule has 2 rings (SSSR count). The first-order valence-electron chi connectivity index (χ1n) is 8.49. The van der Waals surface area contributed by atoms with Crippen LogP contribution >= 0.6 is 0 Å². The summed E-state index contributed by atoms with van der Waals surface area (Å²) in [5, 5.41) is 0. The lowest BCUT2D eigenvalue weighted by Crippen LogP contribution is -2.14. The second-order valence-corrected chi connectivity index (χ2v) is 9.49. The Morgan fingerprint density at radius 2 is 1.57 bits per heavy atom. The predicted molar refractivity (Wildman–Crippen MR) is 103 cm³/mol.